The number of sulfonamides is 1. The molecule has 6 nitrogen and oxygen atoms in total. The smallest absolute Gasteiger partial charge is 0.253 e. The van der Waals surface area contributed by atoms with Gasteiger partial charge in [0.15, 0.2) is 4.21 Å². The van der Waals surface area contributed by atoms with Crippen LogP contribution >= 0.6 is 11.3 Å². The Morgan fingerprint density at radius 3 is 3.24 bits per heavy atom. The van der Waals surface area contributed by atoms with Gasteiger partial charge in [-0.1, -0.05) is 0 Å². The third-order valence-corrected chi connectivity index (χ3v) is 6.52. The molecule has 114 valence electrons. The van der Waals surface area contributed by atoms with Gasteiger partial charge in [0.2, 0.25) is 0 Å². The SMILES string of the molecule is COc1ccsc1S(=O)(=O)NCC1CCc2nccn2C1. The monoisotopic (exact) mass is 327 g/mol. The molecule has 0 bridgehead atoms. The van der Waals surface area contributed by atoms with Crippen molar-refractivity contribution in [2.45, 2.75) is 23.6 Å². The van der Waals surface area contributed by atoms with Crippen LogP contribution in [-0.4, -0.2) is 31.6 Å². The highest BCUT2D eigenvalue weighted by Gasteiger charge is 2.24. The maximum Gasteiger partial charge on any atom is 0.253 e. The number of rotatable bonds is 5. The van der Waals surface area contributed by atoms with Crippen molar-refractivity contribution in [1.29, 1.82) is 0 Å². The van der Waals surface area contributed by atoms with Gasteiger partial charge in [-0.15, -0.1) is 11.3 Å². The summed E-state index contributed by atoms with van der Waals surface area (Å²) in [6.45, 7) is 1.24. The highest BCUT2D eigenvalue weighted by molar-refractivity contribution is 7.91. The second-order valence-electron chi connectivity index (χ2n) is 5.03. The summed E-state index contributed by atoms with van der Waals surface area (Å²) in [5.41, 5.74) is 0. The van der Waals surface area contributed by atoms with Crippen LogP contribution < -0.4 is 9.46 Å². The molecule has 2 aromatic heterocycles. The first kappa shape index (κ1) is 14.6. The largest absolute Gasteiger partial charge is 0.494 e. The average molecular weight is 327 g/mol. The standard InChI is InChI=1S/C13H17N3O3S2/c1-19-11-4-7-20-13(11)21(17,18)15-8-10-2-3-12-14-5-6-16(12)9-10/h4-7,10,15H,2-3,8-9H2,1H3. The Balaban J connectivity index is 1.65. The van der Waals surface area contributed by atoms with Crippen LogP contribution in [0.25, 0.3) is 0 Å². The summed E-state index contributed by atoms with van der Waals surface area (Å²) in [5.74, 6) is 1.76. The fourth-order valence-electron chi connectivity index (χ4n) is 2.53. The molecule has 21 heavy (non-hydrogen) atoms. The average Bonchev–Trinajstić information content (AvgIpc) is 3.13. The van der Waals surface area contributed by atoms with E-state index in [1.807, 2.05) is 6.20 Å². The van der Waals surface area contributed by atoms with Crippen LogP contribution in [0.2, 0.25) is 0 Å². The van der Waals surface area contributed by atoms with Gasteiger partial charge in [0.05, 0.1) is 7.11 Å². The predicted octanol–water partition coefficient (Wildman–Crippen LogP) is 1.49. The molecule has 0 saturated carbocycles. The number of methoxy groups -OCH3 is 1. The second-order valence-corrected chi connectivity index (χ2v) is 7.91. The summed E-state index contributed by atoms with van der Waals surface area (Å²) in [5, 5.41) is 1.71. The third kappa shape index (κ3) is 2.97. The van der Waals surface area contributed by atoms with Crippen LogP contribution in [0.1, 0.15) is 12.2 Å². The first-order chi connectivity index (χ1) is 10.1. The van der Waals surface area contributed by atoms with Crippen LogP contribution in [0.5, 0.6) is 5.75 Å². The minimum atomic E-state index is -3.50. The quantitative estimate of drug-likeness (QED) is 0.903. The van der Waals surface area contributed by atoms with E-state index in [9.17, 15) is 8.42 Å². The zero-order chi connectivity index (χ0) is 14.9. The van der Waals surface area contributed by atoms with Crippen LogP contribution in [0.15, 0.2) is 28.0 Å². The molecule has 3 heterocycles. The maximum atomic E-state index is 12.3. The van der Waals surface area contributed by atoms with Gasteiger partial charge >= 0.3 is 0 Å². The Labute approximate surface area is 127 Å². The first-order valence-electron chi connectivity index (χ1n) is 6.71. The molecule has 0 aliphatic carbocycles. The number of hydrogen-bond acceptors (Lipinski definition) is 5. The van der Waals surface area contributed by atoms with Gasteiger partial charge in [0.1, 0.15) is 11.6 Å². The minimum Gasteiger partial charge on any atom is -0.494 e. The van der Waals surface area contributed by atoms with E-state index < -0.39 is 10.0 Å². The van der Waals surface area contributed by atoms with Gasteiger partial charge in [0, 0.05) is 31.9 Å². The van der Waals surface area contributed by atoms with Gasteiger partial charge in [-0.3, -0.25) is 0 Å². The van der Waals surface area contributed by atoms with Crippen LogP contribution in [0, 0.1) is 5.92 Å². The molecule has 2 aromatic rings. The molecule has 3 rings (SSSR count). The van der Waals surface area contributed by atoms with Gasteiger partial charge < -0.3 is 9.30 Å². The molecule has 1 aliphatic rings. The lowest BCUT2D eigenvalue weighted by Crippen LogP contribution is -2.33. The van der Waals surface area contributed by atoms with Crippen LogP contribution in [0.3, 0.4) is 0 Å². The fourth-order valence-corrected chi connectivity index (χ4v) is 4.96. The van der Waals surface area contributed by atoms with Gasteiger partial charge in [0.25, 0.3) is 10.0 Å². The summed E-state index contributed by atoms with van der Waals surface area (Å²) in [6.07, 6.45) is 5.57. The lowest BCUT2D eigenvalue weighted by Gasteiger charge is -2.23. The van der Waals surface area contributed by atoms with E-state index in [4.69, 9.17) is 4.74 Å². The molecule has 0 aromatic carbocycles. The zero-order valence-electron chi connectivity index (χ0n) is 11.7. The number of ether oxygens (including phenoxy) is 1. The molecule has 0 saturated heterocycles. The number of thiophene rings is 1. The molecule has 8 heteroatoms. The Morgan fingerprint density at radius 1 is 1.57 bits per heavy atom. The van der Waals surface area contributed by atoms with Crippen molar-refractivity contribution >= 4 is 21.4 Å². The zero-order valence-corrected chi connectivity index (χ0v) is 13.3. The summed E-state index contributed by atoms with van der Waals surface area (Å²) in [7, 11) is -2.03. The van der Waals surface area contributed by atoms with E-state index in [1.54, 1.807) is 17.6 Å². The number of hydrogen-bond donors (Lipinski definition) is 1. The van der Waals surface area contributed by atoms with E-state index in [0.717, 1.165) is 25.2 Å². The molecule has 1 aliphatic heterocycles. The van der Waals surface area contributed by atoms with Crippen molar-refractivity contribution in [2.24, 2.45) is 5.92 Å². The Morgan fingerprint density at radius 2 is 2.43 bits per heavy atom. The number of aromatic nitrogens is 2. The number of imidazole rings is 1. The summed E-state index contributed by atoms with van der Waals surface area (Å²) in [4.78, 5) is 4.27. The van der Waals surface area contributed by atoms with E-state index in [-0.39, 0.29) is 10.1 Å². The lowest BCUT2D eigenvalue weighted by atomic mass is 10.00. The van der Waals surface area contributed by atoms with Crippen molar-refractivity contribution in [1.82, 2.24) is 14.3 Å². The predicted molar refractivity (Wildman–Crippen MR) is 80.1 cm³/mol. The van der Waals surface area contributed by atoms with Crippen molar-refractivity contribution in [3.8, 4) is 5.75 Å². The summed E-state index contributed by atoms with van der Waals surface area (Å²) < 4.78 is 34.7. The number of nitrogens with zero attached hydrogens (tertiary/aromatic N) is 2. The number of nitrogens with one attached hydrogen (secondary N) is 1. The van der Waals surface area contributed by atoms with E-state index in [1.165, 1.54) is 18.4 Å². The first-order valence-corrected chi connectivity index (χ1v) is 9.07. The summed E-state index contributed by atoms with van der Waals surface area (Å²) >= 11 is 1.17. The van der Waals surface area contributed by atoms with Crippen molar-refractivity contribution in [2.75, 3.05) is 13.7 Å². The highest BCUT2D eigenvalue weighted by Crippen LogP contribution is 2.29. The maximum absolute atomic E-state index is 12.3. The van der Waals surface area contributed by atoms with Crippen LogP contribution in [-0.2, 0) is 23.0 Å². The molecule has 1 N–H and O–H groups in total. The van der Waals surface area contributed by atoms with E-state index in [0.29, 0.717) is 12.3 Å². The molecule has 1 atom stereocenters. The molecule has 0 fully saturated rings. The van der Waals surface area contributed by atoms with E-state index in [2.05, 4.69) is 14.3 Å². The van der Waals surface area contributed by atoms with Crippen molar-refractivity contribution in [3.63, 3.8) is 0 Å². The van der Waals surface area contributed by atoms with Crippen molar-refractivity contribution < 1.29 is 13.2 Å². The normalized spacial score (nSPS) is 18.4. The molecule has 0 radical (unpaired) electrons. The van der Waals surface area contributed by atoms with Crippen LogP contribution in [0.4, 0.5) is 0 Å². The van der Waals surface area contributed by atoms with Gasteiger partial charge in [-0.2, -0.15) is 0 Å². The molecule has 1 unspecified atom stereocenters. The molecule has 0 spiro atoms. The lowest BCUT2D eigenvalue weighted by molar-refractivity contribution is 0.363. The molecular weight excluding hydrogens is 310 g/mol. The summed E-state index contributed by atoms with van der Waals surface area (Å²) in [6, 6.07) is 1.66. The number of fused-ring (bicyclic) bond motifs is 1. The highest BCUT2D eigenvalue weighted by atomic mass is 32.2. The number of aryl methyl sites for hydroxylation is 1. The van der Waals surface area contributed by atoms with Crippen molar-refractivity contribution in [3.05, 3.63) is 29.7 Å². The minimum absolute atomic E-state index is 0.240. The molecular formula is C13H17N3O3S2. The van der Waals surface area contributed by atoms with Gasteiger partial charge in [-0.25, -0.2) is 18.1 Å². The molecule has 0 amide bonds. The third-order valence-electron chi connectivity index (χ3n) is 3.65. The second kappa shape index (κ2) is 5.78. The topological polar surface area (TPSA) is 73.2 Å². The fraction of sp³-hybridized carbons (Fsp3) is 0.462. The Bertz CT molecular complexity index is 721. The van der Waals surface area contributed by atoms with E-state index >= 15 is 0 Å². The Kier molecular flexibility index (Phi) is 4.01. The van der Waals surface area contributed by atoms with Gasteiger partial charge in [-0.05, 0) is 23.8 Å². The Hall–Kier alpha value is -1.38.